The van der Waals surface area contributed by atoms with Gasteiger partial charge in [-0.05, 0) is 24.1 Å². The van der Waals surface area contributed by atoms with Crippen molar-refractivity contribution < 1.29 is 4.52 Å². The third kappa shape index (κ3) is 4.23. The van der Waals surface area contributed by atoms with Crippen molar-refractivity contribution in [1.82, 2.24) is 20.3 Å². The minimum Gasteiger partial charge on any atom is -0.338 e. The van der Waals surface area contributed by atoms with E-state index in [1.165, 1.54) is 17.3 Å². The van der Waals surface area contributed by atoms with Gasteiger partial charge in [-0.2, -0.15) is 4.98 Å². The van der Waals surface area contributed by atoms with Crippen molar-refractivity contribution in [3.63, 3.8) is 0 Å². The number of rotatable bonds is 6. The Morgan fingerprint density at radius 2 is 1.67 bits per heavy atom. The Kier molecular flexibility index (Phi) is 5.25. The van der Waals surface area contributed by atoms with E-state index in [4.69, 9.17) is 4.52 Å². The van der Waals surface area contributed by atoms with E-state index in [1.54, 1.807) is 0 Å². The smallest absolute Gasteiger partial charge is 0.237 e. The minimum absolute atomic E-state index is 0.555. The molecule has 27 heavy (non-hydrogen) atoms. The van der Waals surface area contributed by atoms with E-state index in [9.17, 15) is 0 Å². The van der Waals surface area contributed by atoms with E-state index in [2.05, 4.69) is 39.4 Å². The van der Waals surface area contributed by atoms with Crippen molar-refractivity contribution in [2.75, 3.05) is 0 Å². The molecule has 134 valence electrons. The summed E-state index contributed by atoms with van der Waals surface area (Å²) in [5, 5.41) is 13.5. The fraction of sp³-hybridized carbons (Fsp3) is 0.143. The molecule has 0 aliphatic carbocycles. The zero-order valence-electron chi connectivity index (χ0n) is 14.9. The van der Waals surface area contributed by atoms with Crippen LogP contribution in [-0.2, 0) is 12.2 Å². The Labute approximate surface area is 161 Å². The molecule has 0 spiro atoms. The lowest BCUT2D eigenvalue weighted by molar-refractivity contribution is 0.391. The number of hydrogen-bond donors (Lipinski definition) is 0. The summed E-state index contributed by atoms with van der Waals surface area (Å²) in [5.41, 5.74) is 4.16. The van der Waals surface area contributed by atoms with Gasteiger partial charge < -0.3 is 4.52 Å². The van der Waals surface area contributed by atoms with Crippen LogP contribution in [0.5, 0.6) is 0 Å². The van der Waals surface area contributed by atoms with Crippen molar-refractivity contribution in [2.24, 2.45) is 0 Å². The van der Waals surface area contributed by atoms with Crippen LogP contribution in [0.1, 0.15) is 18.4 Å². The molecule has 2 aromatic heterocycles. The molecule has 0 saturated heterocycles. The Balaban J connectivity index is 1.39. The minimum atomic E-state index is 0.555. The lowest BCUT2D eigenvalue weighted by Gasteiger charge is -2.01. The molecule has 0 fully saturated rings. The Morgan fingerprint density at radius 3 is 2.37 bits per heavy atom. The van der Waals surface area contributed by atoms with E-state index >= 15 is 0 Å². The molecule has 0 saturated carbocycles. The fourth-order valence-corrected chi connectivity index (χ4v) is 3.27. The van der Waals surface area contributed by atoms with Gasteiger partial charge in [0.1, 0.15) is 5.03 Å². The van der Waals surface area contributed by atoms with E-state index in [0.29, 0.717) is 17.5 Å². The van der Waals surface area contributed by atoms with E-state index < -0.39 is 0 Å². The molecule has 2 aromatic carbocycles. The standard InChI is InChI=1S/C21H18N4OS/c1-2-15-8-10-17(11-9-15)21-22-19(26-25-21)14-27-20-13-12-18(23-24-20)16-6-4-3-5-7-16/h3-13H,2,14H2,1H3. The van der Waals surface area contributed by atoms with Gasteiger partial charge in [-0.3, -0.25) is 0 Å². The van der Waals surface area contributed by atoms with Gasteiger partial charge in [0.15, 0.2) is 0 Å². The highest BCUT2D eigenvalue weighted by Gasteiger charge is 2.10. The zero-order chi connectivity index (χ0) is 18.5. The molecule has 4 aromatic rings. The van der Waals surface area contributed by atoms with Gasteiger partial charge in [0.2, 0.25) is 11.7 Å². The predicted octanol–water partition coefficient (Wildman–Crippen LogP) is 5.05. The lowest BCUT2D eigenvalue weighted by Crippen LogP contribution is -1.90. The van der Waals surface area contributed by atoms with Crippen LogP contribution in [0.2, 0.25) is 0 Å². The summed E-state index contributed by atoms with van der Waals surface area (Å²) in [4.78, 5) is 4.47. The van der Waals surface area contributed by atoms with E-state index in [-0.39, 0.29) is 0 Å². The van der Waals surface area contributed by atoms with Crippen LogP contribution in [-0.4, -0.2) is 20.3 Å². The normalized spacial score (nSPS) is 10.9. The summed E-state index contributed by atoms with van der Waals surface area (Å²) in [7, 11) is 0. The molecule has 2 heterocycles. The summed E-state index contributed by atoms with van der Waals surface area (Å²) >= 11 is 1.52. The quantitative estimate of drug-likeness (QED) is 0.440. The average molecular weight is 374 g/mol. The molecule has 0 aliphatic heterocycles. The van der Waals surface area contributed by atoms with Gasteiger partial charge in [-0.25, -0.2) is 0 Å². The van der Waals surface area contributed by atoms with Crippen molar-refractivity contribution in [3.05, 3.63) is 78.2 Å². The number of hydrogen-bond acceptors (Lipinski definition) is 6. The number of nitrogens with zero attached hydrogens (tertiary/aromatic N) is 4. The summed E-state index contributed by atoms with van der Waals surface area (Å²) < 4.78 is 5.36. The van der Waals surface area contributed by atoms with Crippen molar-refractivity contribution in [3.8, 4) is 22.6 Å². The molecule has 0 radical (unpaired) electrons. The van der Waals surface area contributed by atoms with Crippen molar-refractivity contribution in [2.45, 2.75) is 24.1 Å². The largest absolute Gasteiger partial charge is 0.338 e. The first kappa shape index (κ1) is 17.4. The maximum absolute atomic E-state index is 5.36. The van der Waals surface area contributed by atoms with E-state index in [1.807, 2.05) is 54.6 Å². The highest BCUT2D eigenvalue weighted by molar-refractivity contribution is 7.98. The predicted molar refractivity (Wildman–Crippen MR) is 106 cm³/mol. The van der Waals surface area contributed by atoms with Crippen LogP contribution in [0.3, 0.4) is 0 Å². The molecule has 0 N–H and O–H groups in total. The van der Waals surface area contributed by atoms with Gasteiger partial charge in [-0.1, -0.05) is 78.4 Å². The lowest BCUT2D eigenvalue weighted by atomic mass is 10.1. The SMILES string of the molecule is CCc1ccc(-c2noc(CSc3ccc(-c4ccccc4)nn3)n2)cc1. The molecule has 6 heteroatoms. The van der Waals surface area contributed by atoms with Gasteiger partial charge in [0.25, 0.3) is 0 Å². The van der Waals surface area contributed by atoms with Crippen molar-refractivity contribution in [1.29, 1.82) is 0 Å². The summed E-state index contributed by atoms with van der Waals surface area (Å²) in [6.45, 7) is 2.13. The maximum Gasteiger partial charge on any atom is 0.237 e. The number of aryl methyl sites for hydroxylation is 1. The summed E-state index contributed by atoms with van der Waals surface area (Å²) in [6, 6.07) is 22.1. The molecular formula is C21H18N4OS. The second-order valence-corrected chi connectivity index (χ2v) is 6.97. The first-order chi connectivity index (χ1) is 13.3. The van der Waals surface area contributed by atoms with Gasteiger partial charge in [0.05, 0.1) is 11.4 Å². The third-order valence-corrected chi connectivity index (χ3v) is 5.05. The second kappa shape index (κ2) is 8.14. The first-order valence-electron chi connectivity index (χ1n) is 8.75. The Bertz CT molecular complexity index is 999. The zero-order valence-corrected chi connectivity index (χ0v) is 15.7. The van der Waals surface area contributed by atoms with Gasteiger partial charge >= 0.3 is 0 Å². The molecule has 0 bridgehead atoms. The Morgan fingerprint density at radius 1 is 0.852 bits per heavy atom. The van der Waals surface area contributed by atoms with Crippen LogP contribution in [0.15, 0.2) is 76.3 Å². The number of thioether (sulfide) groups is 1. The monoisotopic (exact) mass is 374 g/mol. The second-order valence-electron chi connectivity index (χ2n) is 5.97. The summed E-state index contributed by atoms with van der Waals surface area (Å²) in [6.07, 6.45) is 1.01. The van der Waals surface area contributed by atoms with Crippen LogP contribution < -0.4 is 0 Å². The highest BCUT2D eigenvalue weighted by Crippen LogP contribution is 2.24. The third-order valence-electron chi connectivity index (χ3n) is 4.14. The van der Waals surface area contributed by atoms with Crippen LogP contribution in [0.4, 0.5) is 0 Å². The first-order valence-corrected chi connectivity index (χ1v) is 9.74. The molecule has 4 rings (SSSR count). The van der Waals surface area contributed by atoms with Crippen LogP contribution in [0.25, 0.3) is 22.6 Å². The molecule has 0 atom stereocenters. The number of aromatic nitrogens is 4. The maximum atomic E-state index is 5.36. The van der Waals surface area contributed by atoms with Gasteiger partial charge in [-0.15, -0.1) is 10.2 Å². The van der Waals surface area contributed by atoms with Crippen LogP contribution >= 0.6 is 11.8 Å². The molecule has 0 amide bonds. The molecule has 5 nitrogen and oxygen atoms in total. The topological polar surface area (TPSA) is 64.7 Å². The number of benzene rings is 2. The molecule has 0 unspecified atom stereocenters. The fourth-order valence-electron chi connectivity index (χ4n) is 2.62. The van der Waals surface area contributed by atoms with Crippen molar-refractivity contribution >= 4 is 11.8 Å². The van der Waals surface area contributed by atoms with E-state index in [0.717, 1.165) is 28.3 Å². The molecule has 0 aliphatic rings. The summed E-state index contributed by atoms with van der Waals surface area (Å²) in [5.74, 6) is 1.74. The Hall–Kier alpha value is -2.99. The molecular weight excluding hydrogens is 356 g/mol. The average Bonchev–Trinajstić information content (AvgIpc) is 3.22. The van der Waals surface area contributed by atoms with Crippen LogP contribution in [0, 0.1) is 0 Å². The van der Waals surface area contributed by atoms with Gasteiger partial charge in [0, 0.05) is 11.1 Å². The highest BCUT2D eigenvalue weighted by atomic mass is 32.2.